The van der Waals surface area contributed by atoms with Crippen LogP contribution in [-0.4, -0.2) is 15.0 Å². The fourth-order valence-corrected chi connectivity index (χ4v) is 1.07. The Hall–Kier alpha value is -2.04. The van der Waals surface area contributed by atoms with E-state index in [1.54, 1.807) is 0 Å². The molecule has 0 atom stereocenters. The van der Waals surface area contributed by atoms with Gasteiger partial charge in [-0.25, -0.2) is 9.37 Å². The van der Waals surface area contributed by atoms with Crippen LogP contribution in [-0.2, 0) is 0 Å². The lowest BCUT2D eigenvalue weighted by Crippen LogP contribution is -2.06. The van der Waals surface area contributed by atoms with Crippen molar-refractivity contribution in [3.05, 3.63) is 46.9 Å². The summed E-state index contributed by atoms with van der Waals surface area (Å²) < 4.78 is 13.2. The second-order valence-corrected chi connectivity index (χ2v) is 2.64. The molecule has 5 heteroatoms. The van der Waals surface area contributed by atoms with Gasteiger partial charge in [0.15, 0.2) is 5.82 Å². The summed E-state index contributed by atoms with van der Waals surface area (Å²) in [5.41, 5.74) is -0.0797. The lowest BCUT2D eigenvalue weighted by Gasteiger charge is -1.99. The molecule has 0 aliphatic carbocycles. The van der Waals surface area contributed by atoms with Crippen LogP contribution < -0.4 is 5.56 Å². The third-order valence-electron chi connectivity index (χ3n) is 1.70. The van der Waals surface area contributed by atoms with Gasteiger partial charge in [-0.2, -0.15) is 0 Å². The second kappa shape index (κ2) is 3.37. The van der Waals surface area contributed by atoms with Gasteiger partial charge in [0.2, 0.25) is 0 Å². The molecule has 0 spiro atoms. The molecule has 0 aliphatic rings. The van der Waals surface area contributed by atoms with E-state index in [4.69, 9.17) is 0 Å². The van der Waals surface area contributed by atoms with Crippen molar-refractivity contribution < 1.29 is 4.39 Å². The number of hydrogen-bond acceptors (Lipinski definition) is 3. The summed E-state index contributed by atoms with van der Waals surface area (Å²) >= 11 is 0. The van der Waals surface area contributed by atoms with Crippen LogP contribution in [0.15, 0.2) is 35.5 Å². The van der Waals surface area contributed by atoms with Crippen LogP contribution in [0.1, 0.15) is 0 Å². The van der Waals surface area contributed by atoms with Crippen LogP contribution in [0.4, 0.5) is 4.39 Å². The van der Waals surface area contributed by atoms with Crippen LogP contribution in [0.2, 0.25) is 0 Å². The fraction of sp³-hybridized carbons (Fsp3) is 0. The van der Waals surface area contributed by atoms with Crippen LogP contribution in [0, 0.1) is 5.82 Å². The zero-order valence-corrected chi connectivity index (χ0v) is 7.07. The Balaban J connectivity index is 2.61. The first-order valence-electron chi connectivity index (χ1n) is 3.92. The third-order valence-corrected chi connectivity index (χ3v) is 1.70. The molecule has 0 aliphatic heterocycles. The van der Waals surface area contributed by atoms with Crippen molar-refractivity contribution in [3.8, 4) is 11.4 Å². The first-order chi connectivity index (χ1) is 6.77. The quantitative estimate of drug-likeness (QED) is 0.730. The van der Waals surface area contributed by atoms with E-state index in [-0.39, 0.29) is 16.9 Å². The van der Waals surface area contributed by atoms with Crippen molar-refractivity contribution in [1.82, 2.24) is 15.0 Å². The van der Waals surface area contributed by atoms with Crippen molar-refractivity contribution in [2.24, 2.45) is 0 Å². The first kappa shape index (κ1) is 8.55. The molecule has 0 saturated heterocycles. The number of nitrogens with one attached hydrogen (secondary N) is 1. The second-order valence-electron chi connectivity index (χ2n) is 2.64. The van der Waals surface area contributed by atoms with Gasteiger partial charge in [0.25, 0.3) is 5.56 Å². The molecule has 0 saturated carbocycles. The number of pyridine rings is 1. The molecule has 2 rings (SSSR count). The van der Waals surface area contributed by atoms with E-state index in [9.17, 15) is 9.18 Å². The lowest BCUT2D eigenvalue weighted by atomic mass is 10.2. The number of aromatic amines is 1. The van der Waals surface area contributed by atoms with Gasteiger partial charge in [0.1, 0.15) is 5.82 Å². The van der Waals surface area contributed by atoms with E-state index in [0.717, 1.165) is 6.20 Å². The van der Waals surface area contributed by atoms with Gasteiger partial charge < -0.3 is 4.98 Å². The standard InChI is InChI=1S/C9H6FN3O/c10-7-5-11-3-1-6(7)9-12-4-2-8(14)13-9/h1-5H,(H,12,13,14). The molecule has 0 radical (unpaired) electrons. The molecule has 70 valence electrons. The maximum absolute atomic E-state index is 13.2. The summed E-state index contributed by atoms with van der Waals surface area (Å²) in [5, 5.41) is 0. The normalized spacial score (nSPS) is 10.1. The highest BCUT2D eigenvalue weighted by atomic mass is 19.1. The molecule has 0 fully saturated rings. The molecule has 4 nitrogen and oxygen atoms in total. The van der Waals surface area contributed by atoms with Gasteiger partial charge in [-0.15, -0.1) is 0 Å². The van der Waals surface area contributed by atoms with Gasteiger partial charge >= 0.3 is 0 Å². The lowest BCUT2D eigenvalue weighted by molar-refractivity contribution is 0.623. The van der Waals surface area contributed by atoms with Crippen molar-refractivity contribution in [3.63, 3.8) is 0 Å². The third kappa shape index (κ3) is 1.52. The Morgan fingerprint density at radius 1 is 1.29 bits per heavy atom. The minimum absolute atomic E-state index is 0.206. The average Bonchev–Trinajstić information content (AvgIpc) is 2.18. The molecule has 14 heavy (non-hydrogen) atoms. The smallest absolute Gasteiger partial charge is 0.251 e. The predicted octanol–water partition coefficient (Wildman–Crippen LogP) is 0.971. The van der Waals surface area contributed by atoms with Gasteiger partial charge in [-0.1, -0.05) is 0 Å². The average molecular weight is 191 g/mol. The Morgan fingerprint density at radius 3 is 2.86 bits per heavy atom. The molecule has 0 aromatic carbocycles. The van der Waals surface area contributed by atoms with E-state index in [2.05, 4.69) is 15.0 Å². The van der Waals surface area contributed by atoms with Crippen molar-refractivity contribution in [1.29, 1.82) is 0 Å². The SMILES string of the molecule is O=c1ccnc(-c2ccncc2F)[nH]1. The largest absolute Gasteiger partial charge is 0.306 e. The molecule has 0 bridgehead atoms. The summed E-state index contributed by atoms with van der Waals surface area (Å²) in [6.07, 6.45) is 3.84. The number of nitrogens with zero attached hydrogens (tertiary/aromatic N) is 2. The molecule has 2 aromatic heterocycles. The van der Waals surface area contributed by atoms with Gasteiger partial charge in [0.05, 0.1) is 11.8 Å². The highest BCUT2D eigenvalue weighted by Gasteiger charge is 2.05. The first-order valence-corrected chi connectivity index (χ1v) is 3.92. The number of H-pyrrole nitrogens is 1. The van der Waals surface area contributed by atoms with Crippen LogP contribution >= 0.6 is 0 Å². The molecular formula is C9H6FN3O. The number of halogens is 1. The molecule has 2 aromatic rings. The van der Waals surface area contributed by atoms with Gasteiger partial charge in [0, 0.05) is 18.5 Å². The van der Waals surface area contributed by atoms with Crippen LogP contribution in [0.25, 0.3) is 11.4 Å². The van der Waals surface area contributed by atoms with E-state index < -0.39 is 5.82 Å². The number of rotatable bonds is 1. The van der Waals surface area contributed by atoms with E-state index in [1.165, 1.54) is 24.5 Å². The topological polar surface area (TPSA) is 58.6 Å². The van der Waals surface area contributed by atoms with Crippen molar-refractivity contribution in [2.75, 3.05) is 0 Å². The Kier molecular flexibility index (Phi) is 2.06. The fourth-order valence-electron chi connectivity index (χ4n) is 1.07. The molecule has 0 unspecified atom stereocenters. The van der Waals surface area contributed by atoms with Crippen LogP contribution in [0.5, 0.6) is 0 Å². The van der Waals surface area contributed by atoms with E-state index in [0.29, 0.717) is 0 Å². The van der Waals surface area contributed by atoms with E-state index in [1.807, 2.05) is 0 Å². The minimum Gasteiger partial charge on any atom is -0.306 e. The van der Waals surface area contributed by atoms with Crippen molar-refractivity contribution >= 4 is 0 Å². The van der Waals surface area contributed by atoms with E-state index >= 15 is 0 Å². The summed E-state index contributed by atoms with van der Waals surface area (Å²) in [5.74, 6) is -0.306. The number of hydrogen-bond donors (Lipinski definition) is 1. The summed E-state index contributed by atoms with van der Waals surface area (Å²) in [7, 11) is 0. The summed E-state index contributed by atoms with van der Waals surface area (Å²) in [6, 6.07) is 2.72. The maximum Gasteiger partial charge on any atom is 0.251 e. The zero-order valence-electron chi connectivity index (χ0n) is 7.07. The van der Waals surface area contributed by atoms with Gasteiger partial charge in [-0.05, 0) is 6.07 Å². The van der Waals surface area contributed by atoms with Gasteiger partial charge in [-0.3, -0.25) is 9.78 Å². The summed E-state index contributed by atoms with van der Waals surface area (Å²) in [6.45, 7) is 0. The Labute approximate surface area is 78.5 Å². The molecule has 2 heterocycles. The van der Waals surface area contributed by atoms with Crippen LogP contribution in [0.3, 0.4) is 0 Å². The Bertz CT molecular complexity index is 509. The minimum atomic E-state index is -0.512. The maximum atomic E-state index is 13.2. The number of aromatic nitrogens is 3. The zero-order chi connectivity index (χ0) is 9.97. The Morgan fingerprint density at radius 2 is 2.14 bits per heavy atom. The summed E-state index contributed by atoms with van der Waals surface area (Å²) in [4.78, 5) is 20.8. The highest BCUT2D eigenvalue weighted by Crippen LogP contribution is 2.15. The van der Waals surface area contributed by atoms with Crippen molar-refractivity contribution in [2.45, 2.75) is 0 Å². The monoisotopic (exact) mass is 191 g/mol. The predicted molar refractivity (Wildman–Crippen MR) is 48.0 cm³/mol. The molecule has 1 N–H and O–H groups in total. The molecule has 0 amide bonds. The molecular weight excluding hydrogens is 185 g/mol. The highest BCUT2D eigenvalue weighted by molar-refractivity contribution is 5.53.